The fourth-order valence-corrected chi connectivity index (χ4v) is 2.36. The van der Waals surface area contributed by atoms with Gasteiger partial charge in [-0.1, -0.05) is 0 Å². The molecule has 0 aromatic rings. The van der Waals surface area contributed by atoms with Crippen molar-refractivity contribution in [2.24, 2.45) is 5.73 Å². The standard InChI is InChI=1S/C9H23N3O2S/c1-8(10)6-5-7-11-15(13,14)12-9(2,3)4/h8,11-12H,5-7,10H2,1-4H3. The van der Waals surface area contributed by atoms with E-state index in [1.807, 2.05) is 6.92 Å². The molecule has 0 saturated carbocycles. The topological polar surface area (TPSA) is 84.2 Å². The van der Waals surface area contributed by atoms with Crippen molar-refractivity contribution < 1.29 is 8.42 Å². The first-order valence-corrected chi connectivity index (χ1v) is 6.65. The Hall–Kier alpha value is -0.170. The molecule has 4 N–H and O–H groups in total. The van der Waals surface area contributed by atoms with E-state index in [1.54, 1.807) is 20.8 Å². The van der Waals surface area contributed by atoms with Crippen molar-refractivity contribution in [2.75, 3.05) is 6.54 Å². The number of hydrogen-bond acceptors (Lipinski definition) is 3. The average Bonchev–Trinajstić information content (AvgIpc) is 1.93. The molecule has 0 aliphatic rings. The van der Waals surface area contributed by atoms with E-state index < -0.39 is 15.7 Å². The summed E-state index contributed by atoms with van der Waals surface area (Å²) in [6, 6.07) is 0.116. The Balaban J connectivity index is 3.86. The summed E-state index contributed by atoms with van der Waals surface area (Å²) in [6.07, 6.45) is 1.57. The number of hydrogen-bond donors (Lipinski definition) is 3. The van der Waals surface area contributed by atoms with Crippen LogP contribution in [0.4, 0.5) is 0 Å². The van der Waals surface area contributed by atoms with E-state index in [1.165, 1.54) is 0 Å². The number of nitrogens with two attached hydrogens (primary N) is 1. The highest BCUT2D eigenvalue weighted by Crippen LogP contribution is 2.00. The summed E-state index contributed by atoms with van der Waals surface area (Å²) in [6.45, 7) is 7.73. The first-order valence-electron chi connectivity index (χ1n) is 5.16. The van der Waals surface area contributed by atoms with Crippen molar-refractivity contribution in [3.8, 4) is 0 Å². The molecular formula is C9H23N3O2S. The van der Waals surface area contributed by atoms with Gasteiger partial charge in [0.25, 0.3) is 10.2 Å². The minimum atomic E-state index is -3.38. The zero-order chi connectivity index (χ0) is 12.1. The van der Waals surface area contributed by atoms with Crippen molar-refractivity contribution in [1.29, 1.82) is 0 Å². The fourth-order valence-electron chi connectivity index (χ4n) is 1.07. The van der Waals surface area contributed by atoms with Gasteiger partial charge in [0.15, 0.2) is 0 Å². The summed E-state index contributed by atoms with van der Waals surface area (Å²) < 4.78 is 27.9. The van der Waals surface area contributed by atoms with Crippen LogP contribution < -0.4 is 15.2 Å². The van der Waals surface area contributed by atoms with Gasteiger partial charge in [-0.2, -0.15) is 13.1 Å². The molecule has 5 nitrogen and oxygen atoms in total. The predicted octanol–water partition coefficient (Wildman–Crippen LogP) is 0.336. The Morgan fingerprint density at radius 1 is 1.33 bits per heavy atom. The molecule has 0 heterocycles. The number of rotatable bonds is 6. The zero-order valence-corrected chi connectivity index (χ0v) is 10.8. The molecule has 0 fully saturated rings. The Morgan fingerprint density at radius 2 is 1.87 bits per heavy atom. The first-order chi connectivity index (χ1) is 6.62. The van der Waals surface area contributed by atoms with Crippen LogP contribution in [0.25, 0.3) is 0 Å². The number of nitrogens with one attached hydrogen (secondary N) is 2. The molecule has 0 aromatic carbocycles. The second-order valence-electron chi connectivity index (χ2n) is 4.87. The maximum Gasteiger partial charge on any atom is 0.277 e. The maximum atomic E-state index is 11.4. The Morgan fingerprint density at radius 3 is 2.27 bits per heavy atom. The van der Waals surface area contributed by atoms with Crippen molar-refractivity contribution >= 4 is 10.2 Å². The molecule has 0 radical (unpaired) electrons. The fraction of sp³-hybridized carbons (Fsp3) is 1.00. The molecule has 0 bridgehead atoms. The quantitative estimate of drug-likeness (QED) is 0.582. The Kier molecular flexibility index (Phi) is 5.72. The molecular weight excluding hydrogens is 214 g/mol. The summed E-state index contributed by atoms with van der Waals surface area (Å²) in [5, 5.41) is 0. The van der Waals surface area contributed by atoms with Gasteiger partial charge < -0.3 is 5.73 Å². The highest BCUT2D eigenvalue weighted by molar-refractivity contribution is 7.87. The van der Waals surface area contributed by atoms with E-state index in [2.05, 4.69) is 9.44 Å². The van der Waals surface area contributed by atoms with Crippen molar-refractivity contribution in [3.05, 3.63) is 0 Å². The highest BCUT2D eigenvalue weighted by atomic mass is 32.2. The van der Waals surface area contributed by atoms with E-state index in [9.17, 15) is 8.42 Å². The largest absolute Gasteiger partial charge is 0.328 e. The smallest absolute Gasteiger partial charge is 0.277 e. The lowest BCUT2D eigenvalue weighted by molar-refractivity contribution is 0.481. The molecule has 92 valence electrons. The molecule has 1 unspecified atom stereocenters. The van der Waals surface area contributed by atoms with Crippen LogP contribution in [0.15, 0.2) is 0 Å². The molecule has 0 aromatic heterocycles. The van der Waals surface area contributed by atoms with Crippen LogP contribution in [0.5, 0.6) is 0 Å². The van der Waals surface area contributed by atoms with Gasteiger partial charge in [0.2, 0.25) is 0 Å². The Labute approximate surface area is 93.0 Å². The molecule has 0 aliphatic heterocycles. The molecule has 0 spiro atoms. The zero-order valence-electron chi connectivity index (χ0n) is 10.0. The third kappa shape index (κ3) is 10.1. The summed E-state index contributed by atoms with van der Waals surface area (Å²) in [4.78, 5) is 0. The minimum absolute atomic E-state index is 0.116. The lowest BCUT2D eigenvalue weighted by Gasteiger charge is -2.20. The normalized spacial score (nSPS) is 15.3. The van der Waals surface area contributed by atoms with Gasteiger partial charge in [-0.15, -0.1) is 0 Å². The van der Waals surface area contributed by atoms with E-state index >= 15 is 0 Å². The van der Waals surface area contributed by atoms with E-state index in [0.29, 0.717) is 6.54 Å². The molecule has 6 heteroatoms. The molecule has 0 aliphatic carbocycles. The van der Waals surface area contributed by atoms with E-state index in [4.69, 9.17) is 5.73 Å². The van der Waals surface area contributed by atoms with Crippen molar-refractivity contribution in [2.45, 2.75) is 52.1 Å². The van der Waals surface area contributed by atoms with Gasteiger partial charge in [0.1, 0.15) is 0 Å². The van der Waals surface area contributed by atoms with Crippen LogP contribution in [-0.2, 0) is 10.2 Å². The minimum Gasteiger partial charge on any atom is -0.328 e. The van der Waals surface area contributed by atoms with Crippen molar-refractivity contribution in [3.63, 3.8) is 0 Å². The Bertz CT molecular complexity index is 268. The van der Waals surface area contributed by atoms with Crippen LogP contribution >= 0.6 is 0 Å². The van der Waals surface area contributed by atoms with Crippen LogP contribution in [0.3, 0.4) is 0 Å². The van der Waals surface area contributed by atoms with Gasteiger partial charge in [-0.3, -0.25) is 0 Å². The summed E-state index contributed by atoms with van der Waals surface area (Å²) in [5.74, 6) is 0. The molecule has 0 rings (SSSR count). The SMILES string of the molecule is CC(N)CCCNS(=O)(=O)NC(C)(C)C. The third-order valence-corrected chi connectivity index (χ3v) is 3.03. The van der Waals surface area contributed by atoms with Gasteiger partial charge in [-0.25, -0.2) is 4.72 Å². The summed E-state index contributed by atoms with van der Waals surface area (Å²) in [7, 11) is -3.38. The average molecular weight is 237 g/mol. The van der Waals surface area contributed by atoms with Crippen molar-refractivity contribution in [1.82, 2.24) is 9.44 Å². The maximum absolute atomic E-state index is 11.4. The monoisotopic (exact) mass is 237 g/mol. The summed E-state index contributed by atoms with van der Waals surface area (Å²) >= 11 is 0. The second-order valence-corrected chi connectivity index (χ2v) is 6.37. The lowest BCUT2D eigenvalue weighted by atomic mass is 10.1. The second kappa shape index (κ2) is 5.79. The van der Waals surface area contributed by atoms with Crippen LogP contribution in [-0.4, -0.2) is 26.5 Å². The predicted molar refractivity (Wildman–Crippen MR) is 62.7 cm³/mol. The molecule has 0 saturated heterocycles. The molecule has 1 atom stereocenters. The molecule has 15 heavy (non-hydrogen) atoms. The third-order valence-electron chi connectivity index (χ3n) is 1.57. The van der Waals surface area contributed by atoms with Gasteiger partial charge in [-0.05, 0) is 40.5 Å². The molecule has 0 amide bonds. The summed E-state index contributed by atoms with van der Waals surface area (Å²) in [5.41, 5.74) is 5.10. The van der Waals surface area contributed by atoms with E-state index in [-0.39, 0.29) is 6.04 Å². The van der Waals surface area contributed by atoms with Crippen LogP contribution in [0, 0.1) is 0 Å². The van der Waals surface area contributed by atoms with E-state index in [0.717, 1.165) is 12.8 Å². The first kappa shape index (κ1) is 14.8. The van der Waals surface area contributed by atoms with Crippen LogP contribution in [0.1, 0.15) is 40.5 Å². The van der Waals surface area contributed by atoms with Crippen LogP contribution in [0.2, 0.25) is 0 Å². The highest BCUT2D eigenvalue weighted by Gasteiger charge is 2.18. The van der Waals surface area contributed by atoms with Gasteiger partial charge >= 0.3 is 0 Å². The van der Waals surface area contributed by atoms with Gasteiger partial charge in [0.05, 0.1) is 0 Å². The van der Waals surface area contributed by atoms with Gasteiger partial charge in [0, 0.05) is 18.1 Å². The lowest BCUT2D eigenvalue weighted by Crippen LogP contribution is -2.47.